The molecule has 0 spiro atoms. The molecule has 0 atom stereocenters. The highest BCUT2D eigenvalue weighted by molar-refractivity contribution is 5.50. The first-order valence-corrected chi connectivity index (χ1v) is 9.22. The second kappa shape index (κ2) is 7.64. The molecule has 0 N–H and O–H groups in total. The van der Waals surface area contributed by atoms with E-state index in [0.717, 1.165) is 30.5 Å². The first kappa shape index (κ1) is 19.7. The summed E-state index contributed by atoms with van der Waals surface area (Å²) in [7, 11) is 0. The summed E-state index contributed by atoms with van der Waals surface area (Å²) in [4.78, 5) is 13.0. The molecule has 4 rings (SSSR count). The molecule has 154 valence electrons. The number of hydrogen-bond donors (Lipinski definition) is 0. The van der Waals surface area contributed by atoms with Crippen LogP contribution in [0.3, 0.4) is 0 Å². The molecule has 0 bridgehead atoms. The van der Waals surface area contributed by atoms with Crippen LogP contribution in [0.25, 0.3) is 0 Å². The maximum absolute atomic E-state index is 12.8. The Morgan fingerprint density at radius 1 is 1.14 bits per heavy atom. The zero-order chi connectivity index (χ0) is 20.6. The minimum atomic E-state index is -4.36. The van der Waals surface area contributed by atoms with E-state index in [-0.39, 0.29) is 19.1 Å². The third-order valence-electron chi connectivity index (χ3n) is 5.09. The average Bonchev–Trinajstić information content (AvgIpc) is 3.52. The molecule has 1 fully saturated rings. The number of non-ortho nitro benzene ring substituents is 1. The molecule has 6 nitrogen and oxygen atoms in total. The second-order valence-electron chi connectivity index (χ2n) is 7.29. The molecule has 0 saturated heterocycles. The number of hydrogen-bond acceptors (Lipinski definition) is 5. The molecule has 2 aliphatic rings. The lowest BCUT2D eigenvalue weighted by Crippen LogP contribution is -2.26. The summed E-state index contributed by atoms with van der Waals surface area (Å²) in [5.74, 6) is 0.597. The van der Waals surface area contributed by atoms with Gasteiger partial charge in [-0.05, 0) is 30.5 Å². The van der Waals surface area contributed by atoms with Crippen molar-refractivity contribution in [2.45, 2.75) is 44.8 Å². The van der Waals surface area contributed by atoms with E-state index >= 15 is 0 Å². The Morgan fingerprint density at radius 3 is 2.48 bits per heavy atom. The van der Waals surface area contributed by atoms with E-state index in [0.29, 0.717) is 36.0 Å². The Bertz CT molecular complexity index is 911. The summed E-state index contributed by atoms with van der Waals surface area (Å²) >= 11 is 0. The first-order valence-electron chi connectivity index (χ1n) is 9.22. The molecule has 0 radical (unpaired) electrons. The number of benzene rings is 2. The first-order chi connectivity index (χ1) is 13.8. The van der Waals surface area contributed by atoms with Crippen LogP contribution in [-0.2, 0) is 30.6 Å². The lowest BCUT2D eigenvalue weighted by molar-refractivity contribution is -0.385. The van der Waals surface area contributed by atoms with Crippen molar-refractivity contribution in [2.24, 2.45) is 0 Å². The Kier molecular flexibility index (Phi) is 5.18. The quantitative estimate of drug-likeness (QED) is 0.515. The Morgan fingerprint density at radius 2 is 1.86 bits per heavy atom. The van der Waals surface area contributed by atoms with Crippen LogP contribution in [0.5, 0.6) is 5.75 Å². The van der Waals surface area contributed by atoms with E-state index < -0.39 is 16.7 Å². The van der Waals surface area contributed by atoms with Crippen molar-refractivity contribution in [3.05, 3.63) is 68.8 Å². The van der Waals surface area contributed by atoms with Crippen molar-refractivity contribution < 1.29 is 27.6 Å². The average molecular weight is 408 g/mol. The van der Waals surface area contributed by atoms with Crippen LogP contribution in [0.2, 0.25) is 0 Å². The van der Waals surface area contributed by atoms with Gasteiger partial charge in [0.25, 0.3) is 5.69 Å². The third kappa shape index (κ3) is 4.51. The van der Waals surface area contributed by atoms with Crippen molar-refractivity contribution in [3.8, 4) is 5.75 Å². The lowest BCUT2D eigenvalue weighted by Gasteiger charge is -2.26. The fraction of sp³-hybridized carbons (Fsp3) is 0.400. The second-order valence-corrected chi connectivity index (χ2v) is 7.29. The predicted molar refractivity (Wildman–Crippen MR) is 97.1 cm³/mol. The van der Waals surface area contributed by atoms with Crippen molar-refractivity contribution in [1.29, 1.82) is 0 Å². The summed E-state index contributed by atoms with van der Waals surface area (Å²) in [5, 5.41) is 11.3. The van der Waals surface area contributed by atoms with E-state index in [4.69, 9.17) is 9.47 Å². The molecule has 9 heteroatoms. The zero-order valence-corrected chi connectivity index (χ0v) is 15.4. The smallest absolute Gasteiger partial charge is 0.416 e. The predicted octanol–water partition coefficient (Wildman–Crippen LogP) is 4.64. The summed E-state index contributed by atoms with van der Waals surface area (Å²) in [6.07, 6.45) is -2.39. The van der Waals surface area contributed by atoms with Crippen molar-refractivity contribution in [1.82, 2.24) is 4.90 Å². The van der Waals surface area contributed by atoms with Crippen LogP contribution in [0.4, 0.5) is 18.9 Å². The molecule has 0 amide bonds. The maximum atomic E-state index is 12.8. The Labute approximate surface area is 165 Å². The number of nitro benzene ring substituents is 1. The molecule has 2 aromatic rings. The SMILES string of the molecule is O=[N+]([O-])c1cc2c(c(CN(Cc3ccc(C(F)(F)F)cc3)C3CC3)c1)OCOC2. The van der Waals surface area contributed by atoms with Crippen LogP contribution in [0.15, 0.2) is 36.4 Å². The number of halogens is 3. The normalized spacial score (nSPS) is 16.4. The fourth-order valence-electron chi connectivity index (χ4n) is 3.51. The van der Waals surface area contributed by atoms with Crippen molar-refractivity contribution >= 4 is 5.69 Å². The summed E-state index contributed by atoms with van der Waals surface area (Å²) in [6, 6.07) is 8.37. The number of fused-ring (bicyclic) bond motifs is 1. The molecule has 1 heterocycles. The molecule has 2 aromatic carbocycles. The number of alkyl halides is 3. The molecule has 1 aliphatic carbocycles. The van der Waals surface area contributed by atoms with Gasteiger partial charge in [0.2, 0.25) is 0 Å². The number of nitrogens with zero attached hydrogens (tertiary/aromatic N) is 2. The minimum Gasteiger partial charge on any atom is -0.467 e. The highest BCUT2D eigenvalue weighted by Gasteiger charge is 2.32. The summed E-state index contributed by atoms with van der Waals surface area (Å²) in [5.41, 5.74) is 1.37. The van der Waals surface area contributed by atoms with E-state index in [1.54, 1.807) is 0 Å². The molecule has 0 unspecified atom stereocenters. The zero-order valence-electron chi connectivity index (χ0n) is 15.4. The van der Waals surface area contributed by atoms with Crippen LogP contribution in [0, 0.1) is 10.1 Å². The van der Waals surface area contributed by atoms with Gasteiger partial charge in [-0.3, -0.25) is 15.0 Å². The lowest BCUT2D eigenvalue weighted by atomic mass is 10.1. The summed E-state index contributed by atoms with van der Waals surface area (Å²) < 4.78 is 49.2. The highest BCUT2D eigenvalue weighted by Crippen LogP contribution is 2.37. The molecule has 29 heavy (non-hydrogen) atoms. The number of ether oxygens (including phenoxy) is 2. The van der Waals surface area contributed by atoms with Crippen molar-refractivity contribution in [3.63, 3.8) is 0 Å². The molecular weight excluding hydrogens is 389 g/mol. The van der Waals surface area contributed by atoms with Gasteiger partial charge >= 0.3 is 6.18 Å². The van der Waals surface area contributed by atoms with Crippen LogP contribution in [0.1, 0.15) is 35.1 Å². The van der Waals surface area contributed by atoms with Crippen LogP contribution >= 0.6 is 0 Å². The van der Waals surface area contributed by atoms with Gasteiger partial charge in [-0.2, -0.15) is 13.2 Å². The third-order valence-corrected chi connectivity index (χ3v) is 5.09. The van der Waals surface area contributed by atoms with Gasteiger partial charge in [0.15, 0.2) is 6.79 Å². The number of rotatable bonds is 6. The largest absolute Gasteiger partial charge is 0.467 e. The van der Waals surface area contributed by atoms with Gasteiger partial charge in [0.05, 0.1) is 17.1 Å². The fourth-order valence-corrected chi connectivity index (χ4v) is 3.51. The van der Waals surface area contributed by atoms with Gasteiger partial charge in [-0.15, -0.1) is 0 Å². The van der Waals surface area contributed by atoms with Gasteiger partial charge < -0.3 is 9.47 Å². The van der Waals surface area contributed by atoms with E-state index in [9.17, 15) is 23.3 Å². The number of nitro groups is 1. The summed E-state index contributed by atoms with van der Waals surface area (Å²) in [6.45, 7) is 1.19. The molecule has 1 saturated carbocycles. The van der Waals surface area contributed by atoms with Crippen LogP contribution < -0.4 is 4.74 Å². The van der Waals surface area contributed by atoms with Gasteiger partial charge in [-0.1, -0.05) is 12.1 Å². The van der Waals surface area contributed by atoms with Gasteiger partial charge in [-0.25, -0.2) is 0 Å². The molecule has 0 aromatic heterocycles. The monoisotopic (exact) mass is 408 g/mol. The Hall–Kier alpha value is -2.65. The van der Waals surface area contributed by atoms with Crippen molar-refractivity contribution in [2.75, 3.05) is 6.79 Å². The van der Waals surface area contributed by atoms with E-state index in [1.807, 2.05) is 0 Å². The molecular formula is C20H19F3N2O4. The van der Waals surface area contributed by atoms with E-state index in [1.165, 1.54) is 24.3 Å². The van der Waals surface area contributed by atoms with Crippen LogP contribution in [-0.4, -0.2) is 22.7 Å². The molecule has 1 aliphatic heterocycles. The van der Waals surface area contributed by atoms with Gasteiger partial charge in [0.1, 0.15) is 5.75 Å². The maximum Gasteiger partial charge on any atom is 0.416 e. The topological polar surface area (TPSA) is 64.8 Å². The highest BCUT2D eigenvalue weighted by atomic mass is 19.4. The van der Waals surface area contributed by atoms with Gasteiger partial charge in [0, 0.05) is 42.4 Å². The standard InChI is InChI=1S/C20H19F3N2O4/c21-20(22,23)16-3-1-13(2-4-16)9-24(17-5-6-17)10-14-7-18(25(26)27)8-15-11-28-12-29-19(14)15/h1-4,7-8,17H,5-6,9-12H2. The Balaban J connectivity index is 1.58. The minimum absolute atomic E-state index is 0.0295. The van der Waals surface area contributed by atoms with E-state index in [2.05, 4.69) is 4.90 Å².